The number of aliphatic hydroxyl groups is 1. The van der Waals surface area contributed by atoms with E-state index in [9.17, 15) is 5.11 Å². The van der Waals surface area contributed by atoms with Gasteiger partial charge in [0.1, 0.15) is 5.01 Å². The van der Waals surface area contributed by atoms with Crippen LogP contribution in [0.15, 0.2) is 0 Å². The summed E-state index contributed by atoms with van der Waals surface area (Å²) in [4.78, 5) is 10.8. The van der Waals surface area contributed by atoms with Crippen LogP contribution in [-0.2, 0) is 12.1 Å². The van der Waals surface area contributed by atoms with Gasteiger partial charge >= 0.3 is 0 Å². The molecule has 0 bridgehead atoms. The summed E-state index contributed by atoms with van der Waals surface area (Å²) < 4.78 is 0. The maximum absolute atomic E-state index is 10.4. The van der Waals surface area contributed by atoms with Crippen molar-refractivity contribution >= 4 is 11.3 Å². The van der Waals surface area contributed by atoms with Crippen LogP contribution in [0.1, 0.15) is 48.2 Å². The van der Waals surface area contributed by atoms with Gasteiger partial charge in [-0.1, -0.05) is 0 Å². The first-order valence-electron chi connectivity index (χ1n) is 7.57. The summed E-state index contributed by atoms with van der Waals surface area (Å²) in [5.74, 6) is 0.605. The van der Waals surface area contributed by atoms with E-state index in [4.69, 9.17) is 4.98 Å². The van der Waals surface area contributed by atoms with E-state index in [0.29, 0.717) is 5.92 Å². The Morgan fingerprint density at radius 2 is 1.90 bits per heavy atom. The molecule has 0 aromatic carbocycles. The van der Waals surface area contributed by atoms with Crippen LogP contribution < -0.4 is 0 Å². The Morgan fingerprint density at radius 1 is 1.25 bits per heavy atom. The van der Waals surface area contributed by atoms with Crippen LogP contribution in [0.4, 0.5) is 0 Å². The Morgan fingerprint density at radius 3 is 2.45 bits per heavy atom. The molecular formula is C15H25N3OS. The van der Waals surface area contributed by atoms with Crippen LogP contribution in [0, 0.1) is 0 Å². The normalized spacial score (nSPS) is 22.4. The molecule has 3 rings (SSSR count). The van der Waals surface area contributed by atoms with Crippen molar-refractivity contribution in [2.45, 2.75) is 44.8 Å². The Bertz CT molecular complexity index is 468. The van der Waals surface area contributed by atoms with Gasteiger partial charge in [0.15, 0.2) is 0 Å². The van der Waals surface area contributed by atoms with Gasteiger partial charge in [0, 0.05) is 32.1 Å². The zero-order valence-corrected chi connectivity index (χ0v) is 13.5. The van der Waals surface area contributed by atoms with Gasteiger partial charge in [-0.3, -0.25) is 4.90 Å². The fourth-order valence-corrected chi connectivity index (χ4v) is 3.91. The monoisotopic (exact) mass is 295 g/mol. The highest BCUT2D eigenvalue weighted by molar-refractivity contribution is 7.11. The van der Waals surface area contributed by atoms with Crippen molar-refractivity contribution < 1.29 is 5.11 Å². The summed E-state index contributed by atoms with van der Waals surface area (Å²) in [6.45, 7) is 9.21. The molecule has 20 heavy (non-hydrogen) atoms. The second kappa shape index (κ2) is 5.37. The van der Waals surface area contributed by atoms with Gasteiger partial charge in [0.2, 0.25) is 0 Å². The quantitative estimate of drug-likeness (QED) is 0.922. The Hall–Kier alpha value is -0.490. The third kappa shape index (κ3) is 3.22. The maximum atomic E-state index is 10.4. The minimum Gasteiger partial charge on any atom is -0.385 e. The highest BCUT2D eigenvalue weighted by atomic mass is 32.1. The molecule has 0 unspecified atom stereocenters. The first-order valence-corrected chi connectivity index (χ1v) is 8.38. The van der Waals surface area contributed by atoms with Gasteiger partial charge in [0.05, 0.1) is 22.7 Å². The van der Waals surface area contributed by atoms with Gasteiger partial charge in [-0.25, -0.2) is 4.98 Å². The molecule has 0 amide bonds. The van der Waals surface area contributed by atoms with Crippen molar-refractivity contribution in [3.05, 3.63) is 15.6 Å². The van der Waals surface area contributed by atoms with Crippen LogP contribution in [0.3, 0.4) is 0 Å². The van der Waals surface area contributed by atoms with E-state index in [-0.39, 0.29) is 0 Å². The van der Waals surface area contributed by atoms with Crippen molar-refractivity contribution in [2.24, 2.45) is 0 Å². The summed E-state index contributed by atoms with van der Waals surface area (Å²) in [5.41, 5.74) is 0.419. The molecule has 4 nitrogen and oxygen atoms in total. The number of rotatable bonds is 4. The second-order valence-corrected chi connectivity index (χ2v) is 7.82. The third-order valence-corrected chi connectivity index (χ3v) is 5.54. The molecule has 0 atom stereocenters. The van der Waals surface area contributed by atoms with E-state index < -0.39 is 5.60 Å². The van der Waals surface area contributed by atoms with E-state index in [1.807, 2.05) is 13.8 Å². The number of nitrogens with zero attached hydrogens (tertiary/aromatic N) is 3. The first-order chi connectivity index (χ1) is 9.43. The molecule has 0 radical (unpaired) electrons. The Kier molecular flexibility index (Phi) is 3.88. The van der Waals surface area contributed by atoms with E-state index in [0.717, 1.165) is 37.6 Å². The molecule has 5 heteroatoms. The molecule has 1 aromatic heterocycles. The van der Waals surface area contributed by atoms with Gasteiger partial charge < -0.3 is 10.0 Å². The predicted molar refractivity (Wildman–Crippen MR) is 82.1 cm³/mol. The van der Waals surface area contributed by atoms with Gasteiger partial charge in [-0.15, -0.1) is 11.3 Å². The number of aromatic nitrogens is 1. The minimum atomic E-state index is -0.754. The Labute approximate surface area is 125 Å². The van der Waals surface area contributed by atoms with E-state index in [1.54, 1.807) is 11.3 Å². The third-order valence-electron chi connectivity index (χ3n) is 4.17. The Balaban J connectivity index is 1.73. The van der Waals surface area contributed by atoms with E-state index >= 15 is 0 Å². The molecule has 1 N–H and O–H groups in total. The number of thiazole rings is 1. The maximum Gasteiger partial charge on any atom is 0.107 e. The van der Waals surface area contributed by atoms with Crippen molar-refractivity contribution in [1.82, 2.24) is 14.8 Å². The number of likely N-dealkylation sites (N-methyl/N-ethyl adjacent to an activating group) is 1. The van der Waals surface area contributed by atoms with Crippen LogP contribution in [-0.4, -0.2) is 53.1 Å². The largest absolute Gasteiger partial charge is 0.385 e. The van der Waals surface area contributed by atoms with Gasteiger partial charge in [-0.2, -0.15) is 0 Å². The lowest BCUT2D eigenvalue weighted by Gasteiger charge is -2.31. The topological polar surface area (TPSA) is 39.6 Å². The summed E-state index contributed by atoms with van der Waals surface area (Å²) in [7, 11) is 2.18. The summed E-state index contributed by atoms with van der Waals surface area (Å²) in [5, 5.41) is 11.5. The fourth-order valence-electron chi connectivity index (χ4n) is 2.71. The SMILES string of the molecule is CN1CCN(Cc2nc(C3CC3)c(C(C)(C)O)s2)CC1. The van der Waals surface area contributed by atoms with Crippen LogP contribution in [0.5, 0.6) is 0 Å². The molecule has 2 fully saturated rings. The van der Waals surface area contributed by atoms with Crippen molar-refractivity contribution in [2.75, 3.05) is 33.2 Å². The highest BCUT2D eigenvalue weighted by Gasteiger charge is 2.34. The summed E-state index contributed by atoms with van der Waals surface area (Å²) in [6.07, 6.45) is 2.47. The molecule has 2 aliphatic rings. The van der Waals surface area contributed by atoms with Crippen molar-refractivity contribution in [3.8, 4) is 0 Å². The smallest absolute Gasteiger partial charge is 0.107 e. The zero-order chi connectivity index (χ0) is 14.3. The van der Waals surface area contributed by atoms with E-state index in [2.05, 4.69) is 16.8 Å². The summed E-state index contributed by atoms with van der Waals surface area (Å²) in [6, 6.07) is 0. The second-order valence-electron chi connectivity index (χ2n) is 6.73. The molecule has 1 saturated heterocycles. The lowest BCUT2D eigenvalue weighted by atomic mass is 10.0. The van der Waals surface area contributed by atoms with Crippen molar-refractivity contribution in [3.63, 3.8) is 0 Å². The molecule has 0 spiro atoms. The van der Waals surface area contributed by atoms with Gasteiger partial charge in [0.25, 0.3) is 0 Å². The fraction of sp³-hybridized carbons (Fsp3) is 0.800. The number of piperazine rings is 1. The predicted octanol–water partition coefficient (Wildman–Crippen LogP) is 2.00. The van der Waals surface area contributed by atoms with Crippen LogP contribution in [0.25, 0.3) is 0 Å². The molecule has 1 aliphatic carbocycles. The molecule has 2 heterocycles. The van der Waals surface area contributed by atoms with Crippen LogP contribution >= 0.6 is 11.3 Å². The standard InChI is InChI=1S/C15H25N3OS/c1-15(2,19)14-13(11-4-5-11)16-12(20-14)10-18-8-6-17(3)7-9-18/h11,19H,4-10H2,1-3H3. The average molecular weight is 295 g/mol. The number of hydrogen-bond donors (Lipinski definition) is 1. The highest BCUT2D eigenvalue weighted by Crippen LogP contribution is 2.45. The first kappa shape index (κ1) is 14.4. The van der Waals surface area contributed by atoms with Gasteiger partial charge in [-0.05, 0) is 33.7 Å². The number of hydrogen-bond acceptors (Lipinski definition) is 5. The molecule has 112 valence electrons. The molecule has 1 aromatic rings. The lowest BCUT2D eigenvalue weighted by molar-refractivity contribution is 0.0813. The lowest BCUT2D eigenvalue weighted by Crippen LogP contribution is -2.43. The van der Waals surface area contributed by atoms with Crippen LogP contribution in [0.2, 0.25) is 0 Å². The molecule has 1 aliphatic heterocycles. The average Bonchev–Trinajstić information content (AvgIpc) is 3.12. The van der Waals surface area contributed by atoms with Crippen molar-refractivity contribution in [1.29, 1.82) is 0 Å². The van der Waals surface area contributed by atoms with E-state index in [1.165, 1.54) is 23.5 Å². The zero-order valence-electron chi connectivity index (χ0n) is 12.7. The minimum absolute atomic E-state index is 0.605. The summed E-state index contributed by atoms with van der Waals surface area (Å²) >= 11 is 1.71. The molecule has 1 saturated carbocycles. The molecular weight excluding hydrogens is 270 g/mol.